The van der Waals surface area contributed by atoms with Crippen LogP contribution < -0.4 is 27.0 Å². The van der Waals surface area contributed by atoms with Gasteiger partial charge in [0.15, 0.2) is 0 Å². The first-order chi connectivity index (χ1) is 15.1. The molecule has 0 radical (unpaired) electrons. The van der Waals surface area contributed by atoms with Crippen molar-refractivity contribution in [3.05, 3.63) is 0 Å². The van der Waals surface area contributed by atoms with Crippen LogP contribution >= 0.6 is 0 Å². The van der Waals surface area contributed by atoms with E-state index in [1.807, 2.05) is 20.8 Å². The van der Waals surface area contributed by atoms with Crippen molar-refractivity contribution >= 4 is 29.9 Å². The Kier molecular flexibility index (Phi) is 14.1. The van der Waals surface area contributed by atoms with Crippen molar-refractivity contribution in [1.29, 1.82) is 0 Å². The first-order valence-corrected chi connectivity index (χ1v) is 11.0. The van der Waals surface area contributed by atoms with Gasteiger partial charge < -0.3 is 36.9 Å². The van der Waals surface area contributed by atoms with Crippen LogP contribution in [0.5, 0.6) is 0 Å². The van der Waals surface area contributed by atoms with Gasteiger partial charge in [0.1, 0.15) is 24.4 Å². The summed E-state index contributed by atoms with van der Waals surface area (Å²) in [5.74, 6) is -2.81. The molecule has 0 aromatic heterocycles. The van der Waals surface area contributed by atoms with E-state index in [-0.39, 0.29) is 24.7 Å². The normalized spacial score (nSPS) is 16.6. The van der Waals surface area contributed by atoms with Crippen LogP contribution in [0.4, 0.5) is 0 Å². The number of likely N-dealkylation sites (N-methyl/N-ethyl adjacent to an activating group) is 1. The molecule has 0 unspecified atom stereocenters. The maximum Gasteiger partial charge on any atom is 0.243 e. The van der Waals surface area contributed by atoms with Gasteiger partial charge in [-0.05, 0) is 25.3 Å². The van der Waals surface area contributed by atoms with Crippen molar-refractivity contribution in [3.8, 4) is 0 Å². The van der Waals surface area contributed by atoms with Crippen molar-refractivity contribution < 1.29 is 29.1 Å². The third kappa shape index (κ3) is 9.73. The number of rotatable bonds is 16. The molecule has 184 valence electrons. The molecule has 0 aromatic carbocycles. The highest BCUT2D eigenvalue weighted by Crippen LogP contribution is 2.12. The maximum atomic E-state index is 13.0. The van der Waals surface area contributed by atoms with Crippen LogP contribution in [-0.4, -0.2) is 72.8 Å². The Hall–Kier alpha value is -2.53. The summed E-state index contributed by atoms with van der Waals surface area (Å²) in [7, 11) is 1.48. The largest absolute Gasteiger partial charge is 0.394 e. The Labute approximate surface area is 189 Å². The van der Waals surface area contributed by atoms with Crippen molar-refractivity contribution in [2.45, 2.75) is 77.5 Å². The van der Waals surface area contributed by atoms with Gasteiger partial charge in [-0.25, -0.2) is 0 Å². The zero-order valence-electron chi connectivity index (χ0n) is 19.6. The predicted molar refractivity (Wildman–Crippen MR) is 119 cm³/mol. The Bertz CT molecular complexity index is 640. The molecule has 11 heteroatoms. The number of amides is 4. The van der Waals surface area contributed by atoms with E-state index in [2.05, 4.69) is 21.3 Å². The highest BCUT2D eigenvalue weighted by Gasteiger charge is 2.32. The molecular weight excluding hydrogens is 418 g/mol. The molecule has 0 saturated heterocycles. The molecule has 0 aliphatic rings. The Morgan fingerprint density at radius 1 is 0.906 bits per heavy atom. The van der Waals surface area contributed by atoms with E-state index in [1.165, 1.54) is 7.05 Å². The number of nitrogens with two attached hydrogens (primary N) is 1. The number of aliphatic hydroxyl groups is 1. The van der Waals surface area contributed by atoms with Crippen LogP contribution in [0.2, 0.25) is 0 Å². The van der Waals surface area contributed by atoms with Crippen LogP contribution in [0, 0.1) is 11.8 Å². The molecule has 32 heavy (non-hydrogen) atoms. The van der Waals surface area contributed by atoms with Crippen LogP contribution in [0.3, 0.4) is 0 Å². The molecule has 0 heterocycles. The van der Waals surface area contributed by atoms with Crippen LogP contribution in [0.25, 0.3) is 0 Å². The zero-order valence-corrected chi connectivity index (χ0v) is 19.6. The number of carbonyl (C=O) groups is 5. The number of aliphatic hydroxyl groups excluding tert-OH is 1. The second-order valence-electron chi connectivity index (χ2n) is 8.02. The Morgan fingerprint density at radius 2 is 1.47 bits per heavy atom. The van der Waals surface area contributed by atoms with E-state index < -0.39 is 54.4 Å². The van der Waals surface area contributed by atoms with Gasteiger partial charge in [-0.2, -0.15) is 0 Å². The molecule has 0 aliphatic heterocycles. The molecule has 7 N–H and O–H groups in total. The van der Waals surface area contributed by atoms with Gasteiger partial charge in [0.25, 0.3) is 0 Å². The summed E-state index contributed by atoms with van der Waals surface area (Å²) >= 11 is 0. The number of aldehydes is 1. The lowest BCUT2D eigenvalue weighted by Gasteiger charge is -2.29. The van der Waals surface area contributed by atoms with Gasteiger partial charge in [0, 0.05) is 6.42 Å². The summed E-state index contributed by atoms with van der Waals surface area (Å²) in [5.41, 5.74) is 5.18. The summed E-state index contributed by atoms with van der Waals surface area (Å²) < 4.78 is 0. The minimum absolute atomic E-state index is 0.0759. The number of primary amides is 1. The van der Waals surface area contributed by atoms with E-state index in [1.54, 1.807) is 6.92 Å². The van der Waals surface area contributed by atoms with Gasteiger partial charge in [-0.15, -0.1) is 0 Å². The standard InChI is InChI=1S/C21H39N5O6/c1-6-12(3)15(10-27)25-21(32)18(13(4)7-2)26-19(30)14(8-9-17(22)29)24-20(31)16(11-28)23-5/h10,12-16,18,23,28H,6-9,11H2,1-5H3,(H2,22,29)(H,24,31)(H,25,32)(H,26,30)/t12-,13+,14+,15+,16-,18+/m0/s1. The average molecular weight is 458 g/mol. The van der Waals surface area contributed by atoms with Crippen molar-refractivity contribution in [1.82, 2.24) is 21.3 Å². The average Bonchev–Trinajstić information content (AvgIpc) is 2.77. The molecule has 11 nitrogen and oxygen atoms in total. The lowest BCUT2D eigenvalue weighted by atomic mass is 9.95. The third-order valence-electron chi connectivity index (χ3n) is 5.67. The molecule has 6 atom stereocenters. The molecule has 0 aliphatic carbocycles. The van der Waals surface area contributed by atoms with E-state index >= 15 is 0 Å². The van der Waals surface area contributed by atoms with Crippen molar-refractivity contribution in [2.75, 3.05) is 13.7 Å². The number of nitrogens with one attached hydrogen (secondary N) is 4. The Morgan fingerprint density at radius 3 is 1.91 bits per heavy atom. The van der Waals surface area contributed by atoms with Crippen molar-refractivity contribution in [2.24, 2.45) is 17.6 Å². The highest BCUT2D eigenvalue weighted by molar-refractivity contribution is 5.94. The van der Waals surface area contributed by atoms with Crippen LogP contribution in [0.1, 0.15) is 53.4 Å². The lowest BCUT2D eigenvalue weighted by Crippen LogP contribution is -2.59. The second kappa shape index (κ2) is 15.3. The highest BCUT2D eigenvalue weighted by atomic mass is 16.3. The minimum Gasteiger partial charge on any atom is -0.394 e. The Balaban J connectivity index is 5.57. The van der Waals surface area contributed by atoms with E-state index in [4.69, 9.17) is 5.73 Å². The van der Waals surface area contributed by atoms with Gasteiger partial charge in [-0.3, -0.25) is 19.2 Å². The fraction of sp³-hybridized carbons (Fsp3) is 0.762. The second-order valence-corrected chi connectivity index (χ2v) is 8.02. The first-order valence-electron chi connectivity index (χ1n) is 11.0. The van der Waals surface area contributed by atoms with E-state index in [9.17, 15) is 29.1 Å². The topological polar surface area (TPSA) is 180 Å². The molecule has 4 amide bonds. The van der Waals surface area contributed by atoms with Crippen LogP contribution in [-0.2, 0) is 24.0 Å². The minimum atomic E-state index is -1.15. The lowest BCUT2D eigenvalue weighted by molar-refractivity contribution is -0.134. The third-order valence-corrected chi connectivity index (χ3v) is 5.67. The maximum absolute atomic E-state index is 13.0. The summed E-state index contributed by atoms with van der Waals surface area (Å²) in [6, 6.07) is -3.74. The molecule has 0 aromatic rings. The van der Waals surface area contributed by atoms with Gasteiger partial charge in [0.05, 0.1) is 12.6 Å². The van der Waals surface area contributed by atoms with E-state index in [0.717, 1.165) is 0 Å². The summed E-state index contributed by atoms with van der Waals surface area (Å²) in [6.07, 6.45) is 1.68. The van der Waals surface area contributed by atoms with Gasteiger partial charge in [-0.1, -0.05) is 40.5 Å². The van der Waals surface area contributed by atoms with Gasteiger partial charge in [0.2, 0.25) is 23.6 Å². The molecule has 0 saturated carbocycles. The van der Waals surface area contributed by atoms with Crippen LogP contribution in [0.15, 0.2) is 0 Å². The van der Waals surface area contributed by atoms with E-state index in [0.29, 0.717) is 19.1 Å². The predicted octanol–water partition coefficient (Wildman–Crippen LogP) is -1.42. The van der Waals surface area contributed by atoms with Gasteiger partial charge >= 0.3 is 0 Å². The molecule has 0 rings (SSSR count). The number of hydrogen-bond acceptors (Lipinski definition) is 7. The fourth-order valence-electron chi connectivity index (χ4n) is 2.91. The molecular formula is C21H39N5O6. The molecule has 0 bridgehead atoms. The first kappa shape index (κ1) is 29.5. The summed E-state index contributed by atoms with van der Waals surface area (Å²) in [4.78, 5) is 60.8. The fourth-order valence-corrected chi connectivity index (χ4v) is 2.91. The number of carbonyl (C=O) groups excluding carboxylic acids is 5. The zero-order chi connectivity index (χ0) is 24.8. The quantitative estimate of drug-likeness (QED) is 0.154. The monoisotopic (exact) mass is 457 g/mol. The SMILES string of the molecule is CC[C@@H](C)[C@@H](NC(=O)[C@@H](CCC(N)=O)NC(=O)[C@H](CO)NC)C(=O)N[C@H](C=O)[C@@H](C)CC. The van der Waals surface area contributed by atoms with Crippen molar-refractivity contribution in [3.63, 3.8) is 0 Å². The smallest absolute Gasteiger partial charge is 0.243 e. The number of hydrogen-bond donors (Lipinski definition) is 6. The molecule has 0 fully saturated rings. The molecule has 0 spiro atoms. The summed E-state index contributed by atoms with van der Waals surface area (Å²) in [5, 5.41) is 19.7. The summed E-state index contributed by atoms with van der Waals surface area (Å²) in [6.45, 7) is 6.88.